The summed E-state index contributed by atoms with van der Waals surface area (Å²) in [6.07, 6.45) is 6.35. The van der Waals surface area contributed by atoms with E-state index in [0.717, 1.165) is 37.5 Å². The lowest BCUT2D eigenvalue weighted by molar-refractivity contribution is 0.152. The highest BCUT2D eigenvalue weighted by atomic mass is 35.5. The van der Waals surface area contributed by atoms with E-state index < -0.39 is 8.56 Å². The van der Waals surface area contributed by atoms with Crippen LogP contribution in [0.2, 0.25) is 11.6 Å². The smallest absolute Gasteiger partial charge is 0.341 e. The number of rotatable bonds is 8. The van der Waals surface area contributed by atoms with Crippen molar-refractivity contribution in [1.29, 1.82) is 0 Å². The van der Waals surface area contributed by atoms with Crippen LogP contribution in [0.1, 0.15) is 52.9 Å². The van der Waals surface area contributed by atoms with E-state index in [0.29, 0.717) is 5.54 Å². The maximum atomic E-state index is 6.24. The Hall–Kier alpha value is 0.427. The summed E-state index contributed by atoms with van der Waals surface area (Å²) in [5, 5.41) is 0. The van der Waals surface area contributed by atoms with Gasteiger partial charge in [0.1, 0.15) is 0 Å². The molecule has 0 bridgehead atoms. The maximum Gasteiger partial charge on any atom is 0.341 e. The molecule has 0 saturated heterocycles. The lowest BCUT2D eigenvalue weighted by atomic mass is 9.90. The Balaban J connectivity index is 2.82. The molecule has 2 nitrogen and oxygen atoms in total. The summed E-state index contributed by atoms with van der Waals surface area (Å²) in [7, 11) is -2.06. The van der Waals surface area contributed by atoms with E-state index in [-0.39, 0.29) is 0 Å². The molecule has 18 heavy (non-hydrogen) atoms. The van der Waals surface area contributed by atoms with Crippen LogP contribution < -0.4 is 0 Å². The second-order valence-electron chi connectivity index (χ2n) is 5.34. The van der Waals surface area contributed by atoms with Crippen molar-refractivity contribution in [2.45, 2.75) is 64.5 Å². The third kappa shape index (κ3) is 4.22. The first-order valence-corrected chi connectivity index (χ1v) is 10.2. The molecule has 4 heteroatoms. The highest BCUT2D eigenvalue weighted by Gasteiger charge is 2.47. The Labute approximate surface area is 119 Å². The molecular formula is C14H29ClO2Si. The van der Waals surface area contributed by atoms with Crippen molar-refractivity contribution >= 4 is 20.2 Å². The fourth-order valence-corrected chi connectivity index (χ4v) is 8.21. The molecular weight excluding hydrogens is 264 g/mol. The zero-order valence-corrected chi connectivity index (χ0v) is 14.0. The minimum Gasteiger partial charge on any atom is -0.394 e. The van der Waals surface area contributed by atoms with E-state index in [2.05, 4.69) is 20.8 Å². The van der Waals surface area contributed by atoms with Gasteiger partial charge in [-0.2, -0.15) is 0 Å². The summed E-state index contributed by atoms with van der Waals surface area (Å²) in [4.78, 5) is 0. The predicted molar refractivity (Wildman–Crippen MR) is 80.5 cm³/mol. The molecule has 0 N–H and O–H groups in total. The van der Waals surface area contributed by atoms with Crippen LogP contribution in [-0.2, 0) is 8.85 Å². The van der Waals surface area contributed by atoms with Gasteiger partial charge in [0.25, 0.3) is 0 Å². The van der Waals surface area contributed by atoms with Crippen molar-refractivity contribution in [2.24, 2.45) is 5.92 Å². The van der Waals surface area contributed by atoms with Crippen LogP contribution in [0.4, 0.5) is 0 Å². The lowest BCUT2D eigenvalue weighted by Crippen LogP contribution is -2.50. The molecule has 0 aliphatic heterocycles. The maximum absolute atomic E-state index is 6.24. The van der Waals surface area contributed by atoms with Gasteiger partial charge < -0.3 is 8.85 Å². The molecule has 1 aliphatic rings. The van der Waals surface area contributed by atoms with Gasteiger partial charge in [0.2, 0.25) is 0 Å². The minimum atomic E-state index is -2.06. The van der Waals surface area contributed by atoms with Crippen molar-refractivity contribution in [2.75, 3.05) is 19.1 Å². The van der Waals surface area contributed by atoms with E-state index in [1.54, 1.807) is 0 Å². The van der Waals surface area contributed by atoms with Gasteiger partial charge in [-0.05, 0) is 38.7 Å². The third-order valence-corrected chi connectivity index (χ3v) is 8.97. The van der Waals surface area contributed by atoms with Gasteiger partial charge in [-0.25, -0.2) is 0 Å². The van der Waals surface area contributed by atoms with Crippen molar-refractivity contribution in [3.63, 3.8) is 0 Å². The Morgan fingerprint density at radius 3 is 2.22 bits per heavy atom. The average molecular weight is 293 g/mol. The van der Waals surface area contributed by atoms with Crippen molar-refractivity contribution in [3.05, 3.63) is 0 Å². The minimum absolute atomic E-state index is 0.661. The predicted octanol–water partition coefficient (Wildman–Crippen LogP) is 4.71. The van der Waals surface area contributed by atoms with E-state index in [1.165, 1.54) is 25.7 Å². The quantitative estimate of drug-likeness (QED) is 0.476. The van der Waals surface area contributed by atoms with Gasteiger partial charge in [-0.3, -0.25) is 0 Å². The number of hydrogen-bond donors (Lipinski definition) is 0. The number of alkyl halides is 1. The van der Waals surface area contributed by atoms with Crippen LogP contribution in [0, 0.1) is 5.92 Å². The lowest BCUT2D eigenvalue weighted by Gasteiger charge is -2.42. The first-order valence-electron chi connectivity index (χ1n) is 7.54. The van der Waals surface area contributed by atoms with E-state index in [4.69, 9.17) is 20.5 Å². The Bertz CT molecular complexity index is 220. The second kappa shape index (κ2) is 8.57. The van der Waals surface area contributed by atoms with Crippen LogP contribution in [0.25, 0.3) is 0 Å². The normalized spacial score (nSPS) is 25.3. The first kappa shape index (κ1) is 16.5. The average Bonchev–Trinajstić information content (AvgIpc) is 2.37. The number of halogens is 1. The molecule has 2 atom stereocenters. The fraction of sp³-hybridized carbons (Fsp3) is 1.00. The third-order valence-electron chi connectivity index (χ3n) is 4.11. The summed E-state index contributed by atoms with van der Waals surface area (Å²) in [6.45, 7) is 8.11. The van der Waals surface area contributed by atoms with Crippen molar-refractivity contribution in [1.82, 2.24) is 0 Å². The molecule has 0 radical (unpaired) electrons. The molecule has 108 valence electrons. The molecule has 0 aromatic carbocycles. The van der Waals surface area contributed by atoms with Gasteiger partial charge in [0, 0.05) is 24.6 Å². The second-order valence-corrected chi connectivity index (χ2v) is 9.16. The molecule has 1 saturated carbocycles. The molecule has 1 rings (SSSR count). The van der Waals surface area contributed by atoms with Gasteiger partial charge in [0.05, 0.1) is 0 Å². The Kier molecular flexibility index (Phi) is 7.85. The zero-order chi connectivity index (χ0) is 13.4. The zero-order valence-electron chi connectivity index (χ0n) is 12.2. The van der Waals surface area contributed by atoms with E-state index in [9.17, 15) is 0 Å². The molecule has 2 unspecified atom stereocenters. The summed E-state index contributed by atoms with van der Waals surface area (Å²) in [5.41, 5.74) is 0.661. The molecule has 1 fully saturated rings. The van der Waals surface area contributed by atoms with Gasteiger partial charge >= 0.3 is 8.56 Å². The largest absolute Gasteiger partial charge is 0.394 e. The molecule has 0 heterocycles. The fourth-order valence-electron chi connectivity index (χ4n) is 3.36. The van der Waals surface area contributed by atoms with Crippen molar-refractivity contribution in [3.8, 4) is 0 Å². The molecule has 0 spiro atoms. The summed E-state index contributed by atoms with van der Waals surface area (Å²) in [6, 6.07) is 1.06. The van der Waals surface area contributed by atoms with Crippen LogP contribution in [-0.4, -0.2) is 27.7 Å². The first-order chi connectivity index (χ1) is 8.70. The molecule has 1 aliphatic carbocycles. The standard InChI is InChI=1S/C14H29ClO2Si/c1-4-16-18(17-5-2,12-8-11-15)14-10-7-6-9-13(14)3/h13-14H,4-12H2,1-3H3. The van der Waals surface area contributed by atoms with Crippen LogP contribution in [0.5, 0.6) is 0 Å². The van der Waals surface area contributed by atoms with Gasteiger partial charge in [0.15, 0.2) is 0 Å². The van der Waals surface area contributed by atoms with E-state index in [1.807, 2.05) is 0 Å². The highest BCUT2D eigenvalue weighted by molar-refractivity contribution is 6.69. The molecule has 0 aromatic heterocycles. The topological polar surface area (TPSA) is 18.5 Å². The van der Waals surface area contributed by atoms with Crippen LogP contribution in [0.3, 0.4) is 0 Å². The Morgan fingerprint density at radius 1 is 1.11 bits per heavy atom. The van der Waals surface area contributed by atoms with Crippen LogP contribution >= 0.6 is 11.6 Å². The molecule has 0 aromatic rings. The molecule has 0 amide bonds. The van der Waals surface area contributed by atoms with E-state index >= 15 is 0 Å². The Morgan fingerprint density at radius 2 is 1.72 bits per heavy atom. The van der Waals surface area contributed by atoms with Crippen LogP contribution in [0.15, 0.2) is 0 Å². The van der Waals surface area contributed by atoms with Gasteiger partial charge in [-0.1, -0.05) is 26.2 Å². The summed E-state index contributed by atoms with van der Waals surface area (Å²) >= 11 is 5.89. The van der Waals surface area contributed by atoms with Gasteiger partial charge in [-0.15, -0.1) is 11.6 Å². The SMILES string of the molecule is CCO[Si](CCCCl)(OCC)C1CCCCC1C. The summed E-state index contributed by atoms with van der Waals surface area (Å²) < 4.78 is 12.5. The van der Waals surface area contributed by atoms with Crippen molar-refractivity contribution < 1.29 is 8.85 Å². The highest BCUT2D eigenvalue weighted by Crippen LogP contribution is 2.44. The monoisotopic (exact) mass is 292 g/mol. The number of hydrogen-bond acceptors (Lipinski definition) is 2. The summed E-state index contributed by atoms with van der Waals surface area (Å²) in [5.74, 6) is 1.47.